The van der Waals surface area contributed by atoms with Crippen LogP contribution in [0.3, 0.4) is 0 Å². The Hall–Kier alpha value is -4.43. The first-order chi connectivity index (χ1) is 17.4. The summed E-state index contributed by atoms with van der Waals surface area (Å²) in [5.74, 6) is -12.8. The highest BCUT2D eigenvalue weighted by atomic mass is 19.2. The molecule has 1 aromatic carbocycles. The molecule has 37 heavy (non-hydrogen) atoms. The molecule has 0 bridgehead atoms. The van der Waals surface area contributed by atoms with E-state index in [-0.39, 0.29) is 11.8 Å². The maximum absolute atomic E-state index is 13.7. The third-order valence-corrected chi connectivity index (χ3v) is 4.29. The lowest BCUT2D eigenvalue weighted by molar-refractivity contribution is -0.140. The smallest absolute Gasteiger partial charge is 0.411 e. The Balaban J connectivity index is 0.00000334. The number of amides is 2. The molecule has 1 unspecified atom stereocenters. The van der Waals surface area contributed by atoms with Crippen molar-refractivity contribution in [1.29, 1.82) is 0 Å². The quantitative estimate of drug-likeness (QED) is 0.311. The van der Waals surface area contributed by atoms with Gasteiger partial charge in [-0.1, -0.05) is 13.8 Å². The molecular formula is C22H23F4N3O8. The highest BCUT2D eigenvalue weighted by molar-refractivity contribution is 5.92. The second-order valence-corrected chi connectivity index (χ2v) is 6.74. The lowest BCUT2D eigenvalue weighted by Crippen LogP contribution is -2.46. The lowest BCUT2D eigenvalue weighted by atomic mass is 10.1. The summed E-state index contributed by atoms with van der Waals surface area (Å²) in [4.78, 5) is 59.4. The van der Waals surface area contributed by atoms with Crippen LogP contribution in [0.15, 0.2) is 29.2 Å². The van der Waals surface area contributed by atoms with Crippen molar-refractivity contribution < 1.29 is 51.3 Å². The van der Waals surface area contributed by atoms with Crippen molar-refractivity contribution in [3.63, 3.8) is 0 Å². The van der Waals surface area contributed by atoms with Crippen LogP contribution in [0.2, 0.25) is 0 Å². The molecule has 0 radical (unpaired) electrons. The molecule has 2 amide bonds. The number of rotatable bonds is 10. The third kappa shape index (κ3) is 8.63. The van der Waals surface area contributed by atoms with E-state index >= 15 is 0 Å². The number of benzene rings is 1. The van der Waals surface area contributed by atoms with Gasteiger partial charge < -0.3 is 24.5 Å². The van der Waals surface area contributed by atoms with Crippen molar-refractivity contribution in [2.24, 2.45) is 0 Å². The first kappa shape index (κ1) is 30.6. The van der Waals surface area contributed by atoms with Crippen LogP contribution >= 0.6 is 0 Å². The fraction of sp³-hybridized carbons (Fsp3) is 0.318. The normalized spacial score (nSPS) is 10.9. The standard InChI is InChI=1S/C20H17F4N3O8.C2H6/c1-34-20(33)26-11-3-2-4-27(19(11)32)7-14(29)25-12(6-15(30)31)13(28)8-35-18-16(23)9(21)5-10(22)17(18)24;1-2/h2-5,12H,6-8H2,1H3,(H,25,29)(H,26,33)(H,30,31);1-2H3. The SMILES string of the molecule is CC.COC(=O)Nc1cccn(CC(=O)NC(CC(=O)O)C(=O)COc2c(F)c(F)cc(F)c2F)c1=O. The van der Waals surface area contributed by atoms with Crippen LogP contribution < -0.4 is 20.9 Å². The first-order valence-corrected chi connectivity index (χ1v) is 10.5. The zero-order valence-corrected chi connectivity index (χ0v) is 19.8. The number of Topliss-reactive ketones (excluding diaryl/α,β-unsaturated/α-hetero) is 1. The van der Waals surface area contributed by atoms with Crippen LogP contribution in [0, 0.1) is 23.3 Å². The molecule has 0 spiro atoms. The number of halogens is 4. The monoisotopic (exact) mass is 533 g/mol. The van der Waals surface area contributed by atoms with Crippen molar-refractivity contribution in [1.82, 2.24) is 9.88 Å². The molecule has 1 heterocycles. The third-order valence-electron chi connectivity index (χ3n) is 4.29. The second kappa shape index (κ2) is 14.2. The van der Waals surface area contributed by atoms with Gasteiger partial charge in [0.25, 0.3) is 5.56 Å². The van der Waals surface area contributed by atoms with Gasteiger partial charge >= 0.3 is 12.1 Å². The number of ketones is 1. The number of anilines is 1. The molecule has 0 fully saturated rings. The Morgan fingerprint density at radius 2 is 1.68 bits per heavy atom. The van der Waals surface area contributed by atoms with E-state index in [0.717, 1.165) is 17.9 Å². The average molecular weight is 533 g/mol. The van der Waals surface area contributed by atoms with E-state index in [4.69, 9.17) is 5.11 Å². The summed E-state index contributed by atoms with van der Waals surface area (Å²) >= 11 is 0. The van der Waals surface area contributed by atoms with Crippen molar-refractivity contribution in [3.8, 4) is 5.75 Å². The van der Waals surface area contributed by atoms with E-state index in [0.29, 0.717) is 0 Å². The van der Waals surface area contributed by atoms with Gasteiger partial charge in [0.05, 0.1) is 13.5 Å². The Morgan fingerprint density at radius 3 is 2.22 bits per heavy atom. The Morgan fingerprint density at radius 1 is 1.08 bits per heavy atom. The summed E-state index contributed by atoms with van der Waals surface area (Å²) in [6.45, 7) is 2.02. The van der Waals surface area contributed by atoms with Gasteiger partial charge in [-0.2, -0.15) is 8.78 Å². The predicted molar refractivity (Wildman–Crippen MR) is 119 cm³/mol. The molecule has 0 aliphatic rings. The summed E-state index contributed by atoms with van der Waals surface area (Å²) in [7, 11) is 1.06. The summed E-state index contributed by atoms with van der Waals surface area (Å²) in [6.07, 6.45) is -0.789. The van der Waals surface area contributed by atoms with Gasteiger partial charge in [-0.05, 0) is 12.1 Å². The number of carboxylic acids is 1. The van der Waals surface area contributed by atoms with Crippen LogP contribution in [0.4, 0.5) is 28.0 Å². The molecule has 202 valence electrons. The van der Waals surface area contributed by atoms with Gasteiger partial charge in [-0.25, -0.2) is 13.6 Å². The van der Waals surface area contributed by atoms with E-state index in [2.05, 4.69) is 14.8 Å². The first-order valence-electron chi connectivity index (χ1n) is 10.5. The summed E-state index contributed by atoms with van der Waals surface area (Å²) in [5.41, 5.74) is -1.08. The fourth-order valence-corrected chi connectivity index (χ4v) is 2.65. The van der Waals surface area contributed by atoms with Gasteiger partial charge in [0.1, 0.15) is 24.9 Å². The van der Waals surface area contributed by atoms with Crippen molar-refractivity contribution in [2.45, 2.75) is 32.9 Å². The van der Waals surface area contributed by atoms with Crippen molar-refractivity contribution in [2.75, 3.05) is 19.0 Å². The second-order valence-electron chi connectivity index (χ2n) is 6.74. The number of carbonyl (C=O) groups is 4. The summed E-state index contributed by atoms with van der Waals surface area (Å²) in [5, 5.41) is 13.1. The molecule has 2 aromatic rings. The number of aromatic nitrogens is 1. The summed E-state index contributed by atoms with van der Waals surface area (Å²) in [6, 6.07) is 0.644. The minimum absolute atomic E-state index is 0.0789. The minimum Gasteiger partial charge on any atom is -0.481 e. The van der Waals surface area contributed by atoms with Crippen molar-refractivity contribution >= 4 is 29.4 Å². The number of nitrogens with zero attached hydrogens (tertiary/aromatic N) is 1. The lowest BCUT2D eigenvalue weighted by Gasteiger charge is -2.17. The fourth-order valence-electron chi connectivity index (χ4n) is 2.65. The largest absolute Gasteiger partial charge is 0.481 e. The molecule has 0 aliphatic heterocycles. The number of methoxy groups -OCH3 is 1. The van der Waals surface area contributed by atoms with Gasteiger partial charge in [0, 0.05) is 12.3 Å². The number of carboxylic acid groups (broad SMARTS) is 1. The molecular weight excluding hydrogens is 510 g/mol. The Bertz CT molecular complexity index is 1190. The highest BCUT2D eigenvalue weighted by Gasteiger charge is 2.27. The number of nitrogens with one attached hydrogen (secondary N) is 2. The molecule has 0 saturated carbocycles. The summed E-state index contributed by atoms with van der Waals surface area (Å²) < 4.78 is 63.6. The van der Waals surface area contributed by atoms with E-state index in [1.165, 1.54) is 12.1 Å². The number of hydrogen-bond donors (Lipinski definition) is 3. The minimum atomic E-state index is -1.92. The molecule has 3 N–H and O–H groups in total. The predicted octanol–water partition coefficient (Wildman–Crippen LogP) is 2.22. The topological polar surface area (TPSA) is 153 Å². The molecule has 15 heteroatoms. The van der Waals surface area contributed by atoms with E-state index in [1.54, 1.807) is 0 Å². The molecule has 1 atom stereocenters. The zero-order valence-electron chi connectivity index (χ0n) is 19.8. The van der Waals surface area contributed by atoms with Gasteiger partial charge in [-0.3, -0.25) is 24.5 Å². The van der Waals surface area contributed by atoms with Gasteiger partial charge in [0.15, 0.2) is 23.2 Å². The van der Waals surface area contributed by atoms with E-state index in [9.17, 15) is 41.5 Å². The molecule has 1 aromatic heterocycles. The molecule has 0 aliphatic carbocycles. The molecule has 2 rings (SSSR count). The van der Waals surface area contributed by atoms with Crippen LogP contribution in [-0.4, -0.2) is 53.2 Å². The Labute approximate surface area is 207 Å². The van der Waals surface area contributed by atoms with E-state index < -0.39 is 83.9 Å². The molecule has 11 nitrogen and oxygen atoms in total. The number of aliphatic carboxylic acids is 1. The maximum Gasteiger partial charge on any atom is 0.411 e. The number of pyridine rings is 1. The zero-order chi connectivity index (χ0) is 28.3. The van der Waals surface area contributed by atoms with Crippen LogP contribution in [0.25, 0.3) is 0 Å². The van der Waals surface area contributed by atoms with Crippen molar-refractivity contribution in [3.05, 3.63) is 58.0 Å². The van der Waals surface area contributed by atoms with Gasteiger partial charge in [-0.15, -0.1) is 0 Å². The number of hydrogen-bond acceptors (Lipinski definition) is 7. The maximum atomic E-state index is 13.7. The number of ether oxygens (including phenoxy) is 2. The van der Waals surface area contributed by atoms with Crippen LogP contribution in [0.1, 0.15) is 20.3 Å². The average Bonchev–Trinajstić information content (AvgIpc) is 2.85. The van der Waals surface area contributed by atoms with Crippen LogP contribution in [0.5, 0.6) is 5.75 Å². The van der Waals surface area contributed by atoms with Gasteiger partial charge in [0.2, 0.25) is 17.5 Å². The molecule has 0 saturated heterocycles. The van der Waals surface area contributed by atoms with E-state index in [1.807, 2.05) is 19.2 Å². The Kier molecular flexibility index (Phi) is 11.7. The number of carbonyl (C=O) groups excluding carboxylic acids is 3. The van der Waals surface area contributed by atoms with Crippen LogP contribution in [-0.2, 0) is 25.7 Å². The highest BCUT2D eigenvalue weighted by Crippen LogP contribution is 2.26.